The Balaban J connectivity index is 1.57. The van der Waals surface area contributed by atoms with E-state index >= 15 is 0 Å². The average molecular weight is 412 g/mol. The van der Waals surface area contributed by atoms with Gasteiger partial charge in [0.1, 0.15) is 0 Å². The minimum Gasteiger partial charge on any atom is -0.0823 e. The maximum atomic E-state index is 2.67. The highest BCUT2D eigenvalue weighted by Gasteiger charge is 2.51. The lowest BCUT2D eigenvalue weighted by atomic mass is 9.53. The predicted octanol–water partition coefficient (Wildman–Crippen LogP) is 5.68. The van der Waals surface area contributed by atoms with Crippen LogP contribution in [0.3, 0.4) is 0 Å². The van der Waals surface area contributed by atoms with Gasteiger partial charge in [0.2, 0.25) is 0 Å². The van der Waals surface area contributed by atoms with Crippen molar-refractivity contribution in [3.8, 4) is 0 Å². The highest BCUT2D eigenvalue weighted by Crippen LogP contribution is 2.58. The molecule has 0 saturated heterocycles. The summed E-state index contributed by atoms with van der Waals surface area (Å²) in [5.74, 6) is 2.82. The van der Waals surface area contributed by atoms with Crippen LogP contribution in [0.4, 0.5) is 0 Å². The molecule has 3 aliphatic rings. The van der Waals surface area contributed by atoms with Crippen LogP contribution in [-0.4, -0.2) is 3.92 Å². The van der Waals surface area contributed by atoms with Crippen molar-refractivity contribution in [1.82, 2.24) is 0 Å². The van der Waals surface area contributed by atoms with Crippen molar-refractivity contribution < 1.29 is 0 Å². The lowest BCUT2D eigenvalue weighted by Crippen LogP contribution is -2.51. The van der Waals surface area contributed by atoms with Crippen molar-refractivity contribution >= 4 is 28.2 Å². The van der Waals surface area contributed by atoms with Gasteiger partial charge in [0.15, 0.2) is 0 Å². The Hall–Kier alpha value is -1.09. The molecule has 2 saturated carbocycles. The van der Waals surface area contributed by atoms with Gasteiger partial charge in [0.05, 0.1) is 0 Å². The molecule has 3 aliphatic carbocycles. The Morgan fingerprint density at radius 1 is 0.826 bits per heavy atom. The highest BCUT2D eigenvalue weighted by molar-refractivity contribution is 14.1. The molecular weight excluding hydrogens is 391 g/mol. The van der Waals surface area contributed by atoms with Gasteiger partial charge >= 0.3 is 0 Å². The Kier molecular flexibility index (Phi) is 3.40. The number of benzene rings is 2. The molecule has 2 fully saturated rings. The van der Waals surface area contributed by atoms with Crippen LogP contribution in [-0.2, 0) is 12.8 Å². The smallest absolute Gasteiger partial charge is 0.0149 e. The minimum atomic E-state index is 0.823. The maximum absolute atomic E-state index is 2.67. The summed E-state index contributed by atoms with van der Waals surface area (Å²) >= 11 is 2.67. The van der Waals surface area contributed by atoms with Crippen molar-refractivity contribution in [2.75, 3.05) is 0 Å². The first kappa shape index (κ1) is 14.3. The summed E-state index contributed by atoms with van der Waals surface area (Å²) in [7, 11) is 0. The molecule has 0 N–H and O–H groups in total. The molecule has 0 heterocycles. The Morgan fingerprint density at radius 2 is 1.52 bits per heavy atom. The van der Waals surface area contributed by atoms with Crippen LogP contribution in [0.25, 0.3) is 5.57 Å². The molecule has 0 aromatic heterocycles. The molecule has 0 amide bonds. The first-order chi connectivity index (χ1) is 11.3. The molecular formula is C22H21I. The molecule has 4 atom stereocenters. The number of allylic oxidation sites excluding steroid dienone is 2. The van der Waals surface area contributed by atoms with Crippen LogP contribution in [0, 0.1) is 17.8 Å². The van der Waals surface area contributed by atoms with E-state index < -0.39 is 0 Å². The van der Waals surface area contributed by atoms with Crippen molar-refractivity contribution in [1.29, 1.82) is 0 Å². The second-order valence-electron chi connectivity index (χ2n) is 7.46. The number of halogens is 1. The van der Waals surface area contributed by atoms with E-state index in [0.29, 0.717) is 0 Å². The van der Waals surface area contributed by atoms with Crippen molar-refractivity contribution in [2.45, 2.75) is 29.6 Å². The minimum absolute atomic E-state index is 0.823. The van der Waals surface area contributed by atoms with Gasteiger partial charge in [-0.2, -0.15) is 0 Å². The maximum Gasteiger partial charge on any atom is 0.0149 e. The molecule has 23 heavy (non-hydrogen) atoms. The van der Waals surface area contributed by atoms with E-state index in [0.717, 1.165) is 34.5 Å². The molecule has 0 nitrogen and oxygen atoms in total. The number of hydrogen-bond donors (Lipinski definition) is 0. The summed E-state index contributed by atoms with van der Waals surface area (Å²) in [5.41, 5.74) is 7.59. The Bertz CT molecular complexity index is 784. The van der Waals surface area contributed by atoms with Crippen LogP contribution in [0.5, 0.6) is 0 Å². The molecule has 0 aliphatic heterocycles. The first-order valence-corrected chi connectivity index (χ1v) is 10.0. The molecule has 5 rings (SSSR count). The summed E-state index contributed by atoms with van der Waals surface area (Å²) in [4.78, 5) is 0. The van der Waals surface area contributed by atoms with Gasteiger partial charge in [-0.05, 0) is 71.3 Å². The van der Waals surface area contributed by atoms with Crippen molar-refractivity contribution in [2.24, 2.45) is 17.8 Å². The summed E-state index contributed by atoms with van der Waals surface area (Å²) in [5, 5.41) is 0. The van der Waals surface area contributed by atoms with Gasteiger partial charge in [-0.15, -0.1) is 0 Å². The zero-order valence-corrected chi connectivity index (χ0v) is 15.4. The Morgan fingerprint density at radius 3 is 2.26 bits per heavy atom. The fraction of sp³-hybridized carbons (Fsp3) is 0.364. The molecule has 116 valence electrons. The first-order valence-electron chi connectivity index (χ1n) is 8.79. The van der Waals surface area contributed by atoms with Crippen LogP contribution in [0.15, 0.2) is 54.6 Å². The van der Waals surface area contributed by atoms with Gasteiger partial charge in [0.25, 0.3) is 0 Å². The molecule has 0 radical (unpaired) electrons. The third kappa shape index (κ3) is 2.31. The fourth-order valence-corrected chi connectivity index (χ4v) is 6.64. The van der Waals surface area contributed by atoms with Crippen LogP contribution >= 0.6 is 22.6 Å². The number of hydrogen-bond acceptors (Lipinski definition) is 0. The normalized spacial score (nSPS) is 32.8. The van der Waals surface area contributed by atoms with Gasteiger partial charge in [-0.25, -0.2) is 0 Å². The fourth-order valence-electron chi connectivity index (χ4n) is 4.87. The molecule has 4 unspecified atom stereocenters. The predicted molar refractivity (Wildman–Crippen MR) is 105 cm³/mol. The third-order valence-electron chi connectivity index (χ3n) is 6.22. The Labute approximate surface area is 152 Å². The lowest BCUT2D eigenvalue weighted by Gasteiger charge is -2.56. The summed E-state index contributed by atoms with van der Waals surface area (Å²) in [6.45, 7) is 0. The zero-order chi connectivity index (χ0) is 15.4. The van der Waals surface area contributed by atoms with Crippen LogP contribution < -0.4 is 0 Å². The zero-order valence-electron chi connectivity index (χ0n) is 13.2. The largest absolute Gasteiger partial charge is 0.0823 e. The number of alkyl halides is 1. The van der Waals surface area contributed by atoms with Crippen molar-refractivity contribution in [3.63, 3.8) is 0 Å². The third-order valence-corrected chi connectivity index (χ3v) is 7.56. The molecule has 1 heteroatoms. The van der Waals surface area contributed by atoms with E-state index in [2.05, 4.69) is 77.2 Å². The van der Waals surface area contributed by atoms with E-state index in [1.807, 2.05) is 0 Å². The summed E-state index contributed by atoms with van der Waals surface area (Å²) in [6.07, 6.45) is 7.72. The second kappa shape index (κ2) is 5.47. The van der Waals surface area contributed by atoms with E-state index in [1.165, 1.54) is 35.1 Å². The molecule has 0 bridgehead atoms. The van der Waals surface area contributed by atoms with Gasteiger partial charge < -0.3 is 0 Å². The monoisotopic (exact) mass is 412 g/mol. The molecule has 2 aromatic rings. The SMILES string of the molecule is IC1CC2CC(C=C3Cc4ccccc4Cc4ccccc43)C12. The quantitative estimate of drug-likeness (QED) is 0.418. The number of rotatable bonds is 1. The standard InChI is InChI=1S/C22H21I/c23-21-13-19-12-18(22(19)21)11-17-10-15-6-2-1-5-14(15)9-16-7-3-4-8-20(16)17/h1-8,11,18-19,21-22H,9-10,12-13H2. The lowest BCUT2D eigenvalue weighted by molar-refractivity contribution is 0.0192. The van der Waals surface area contributed by atoms with E-state index in [-0.39, 0.29) is 0 Å². The highest BCUT2D eigenvalue weighted by atomic mass is 127. The second-order valence-corrected chi connectivity index (χ2v) is 9.06. The van der Waals surface area contributed by atoms with Crippen molar-refractivity contribution in [3.05, 3.63) is 76.9 Å². The average Bonchev–Trinajstić information content (AvgIpc) is 2.69. The molecule has 0 spiro atoms. The topological polar surface area (TPSA) is 0 Å². The van der Waals surface area contributed by atoms with E-state index in [1.54, 1.807) is 5.57 Å². The van der Waals surface area contributed by atoms with Gasteiger partial charge in [0, 0.05) is 3.92 Å². The van der Waals surface area contributed by atoms with E-state index in [9.17, 15) is 0 Å². The molecule has 2 aromatic carbocycles. The van der Waals surface area contributed by atoms with Gasteiger partial charge in [-0.3, -0.25) is 0 Å². The van der Waals surface area contributed by atoms with Crippen LogP contribution in [0.2, 0.25) is 0 Å². The van der Waals surface area contributed by atoms with Gasteiger partial charge in [-0.1, -0.05) is 77.2 Å². The number of fused-ring (bicyclic) bond motifs is 3. The summed E-state index contributed by atoms with van der Waals surface area (Å²) in [6, 6.07) is 18.1. The van der Waals surface area contributed by atoms with E-state index in [4.69, 9.17) is 0 Å². The van der Waals surface area contributed by atoms with Crippen LogP contribution in [0.1, 0.15) is 35.1 Å². The summed E-state index contributed by atoms with van der Waals surface area (Å²) < 4.78 is 0.918.